The van der Waals surface area contributed by atoms with Gasteiger partial charge in [0.2, 0.25) is 0 Å². The van der Waals surface area contributed by atoms with Gasteiger partial charge in [0.1, 0.15) is 5.69 Å². The average Bonchev–Trinajstić information content (AvgIpc) is 2.37. The predicted octanol–water partition coefficient (Wildman–Crippen LogP) is 0.830. The zero-order chi connectivity index (χ0) is 15.5. The molecular weight excluding hydrogens is 290 g/mol. The van der Waals surface area contributed by atoms with Crippen LogP contribution in [-0.4, -0.2) is 46.0 Å². The summed E-state index contributed by atoms with van der Waals surface area (Å²) in [6.07, 6.45) is 0. The lowest BCUT2D eigenvalue weighted by molar-refractivity contribution is -0.384. The summed E-state index contributed by atoms with van der Waals surface area (Å²) in [5.41, 5.74) is -0.644. The van der Waals surface area contributed by atoms with E-state index in [4.69, 9.17) is 9.47 Å². The molecule has 0 spiro atoms. The molecule has 0 saturated heterocycles. The highest BCUT2D eigenvalue weighted by molar-refractivity contribution is 7.90. The van der Waals surface area contributed by atoms with Crippen molar-refractivity contribution >= 4 is 21.6 Å². The number of nitrogens with zero attached hydrogens (tertiary/aromatic N) is 2. The van der Waals surface area contributed by atoms with Crippen LogP contribution in [0.2, 0.25) is 0 Å². The van der Waals surface area contributed by atoms with Gasteiger partial charge in [0.25, 0.3) is 5.69 Å². The molecule has 20 heavy (non-hydrogen) atoms. The molecule has 0 atom stereocenters. The van der Waals surface area contributed by atoms with Crippen molar-refractivity contribution in [1.82, 2.24) is 4.31 Å². The number of hydrogen-bond donors (Lipinski definition) is 1. The lowest BCUT2D eigenvalue weighted by atomic mass is 10.2. The maximum absolute atomic E-state index is 11.7. The van der Waals surface area contributed by atoms with Crippen LogP contribution in [0.25, 0.3) is 0 Å². The minimum Gasteiger partial charge on any atom is -0.493 e. The zero-order valence-electron chi connectivity index (χ0n) is 11.4. The Bertz CT molecular complexity index is 614. The van der Waals surface area contributed by atoms with Gasteiger partial charge in [-0.15, -0.1) is 0 Å². The van der Waals surface area contributed by atoms with Crippen LogP contribution in [-0.2, 0) is 10.2 Å². The van der Waals surface area contributed by atoms with Crippen molar-refractivity contribution in [1.29, 1.82) is 0 Å². The Labute approximate surface area is 116 Å². The monoisotopic (exact) mass is 305 g/mol. The first-order valence-corrected chi connectivity index (χ1v) is 6.77. The van der Waals surface area contributed by atoms with Crippen molar-refractivity contribution < 1.29 is 22.8 Å². The van der Waals surface area contributed by atoms with Gasteiger partial charge in [-0.1, -0.05) is 0 Å². The van der Waals surface area contributed by atoms with E-state index in [9.17, 15) is 18.5 Å². The summed E-state index contributed by atoms with van der Waals surface area (Å²) in [6.45, 7) is 0. The van der Waals surface area contributed by atoms with E-state index in [1.54, 1.807) is 0 Å². The second kappa shape index (κ2) is 5.92. The molecule has 0 saturated carbocycles. The fraction of sp³-hybridized carbons (Fsp3) is 0.400. The first-order chi connectivity index (χ1) is 9.22. The van der Waals surface area contributed by atoms with Gasteiger partial charge in [-0.3, -0.25) is 14.8 Å². The van der Waals surface area contributed by atoms with Gasteiger partial charge in [-0.25, -0.2) is 0 Å². The number of benzene rings is 1. The smallest absolute Gasteiger partial charge is 0.301 e. The summed E-state index contributed by atoms with van der Waals surface area (Å²) in [6, 6.07) is 2.28. The van der Waals surface area contributed by atoms with Crippen molar-refractivity contribution in [2.75, 3.05) is 33.0 Å². The van der Waals surface area contributed by atoms with Crippen LogP contribution in [0.1, 0.15) is 0 Å². The van der Waals surface area contributed by atoms with Crippen LogP contribution in [0.15, 0.2) is 12.1 Å². The molecule has 1 rings (SSSR count). The zero-order valence-corrected chi connectivity index (χ0v) is 12.2. The summed E-state index contributed by atoms with van der Waals surface area (Å²) >= 11 is 0. The highest BCUT2D eigenvalue weighted by Gasteiger charge is 2.24. The second-order valence-electron chi connectivity index (χ2n) is 3.87. The minimum absolute atomic E-state index is 0.131. The summed E-state index contributed by atoms with van der Waals surface area (Å²) < 4.78 is 36.4. The highest BCUT2D eigenvalue weighted by atomic mass is 32.2. The molecule has 0 aliphatic carbocycles. The summed E-state index contributed by atoms with van der Waals surface area (Å²) in [5, 5.41) is 11.0. The van der Waals surface area contributed by atoms with E-state index in [2.05, 4.69) is 4.72 Å². The molecule has 1 N–H and O–H groups in total. The average molecular weight is 305 g/mol. The SMILES string of the molecule is COc1cc(NS(=O)(=O)N(C)C)c([N+](=O)[O-])cc1OC. The van der Waals surface area contributed by atoms with Gasteiger partial charge in [0.05, 0.1) is 25.2 Å². The van der Waals surface area contributed by atoms with Crippen LogP contribution in [0.3, 0.4) is 0 Å². The number of nitrogens with one attached hydrogen (secondary N) is 1. The first-order valence-electron chi connectivity index (χ1n) is 5.33. The van der Waals surface area contributed by atoms with Crippen LogP contribution in [0.5, 0.6) is 11.5 Å². The molecule has 1 aromatic rings. The molecular formula is C10H15N3O6S. The number of anilines is 1. The summed E-state index contributed by atoms with van der Waals surface area (Å²) in [5.74, 6) is 0.307. The van der Waals surface area contributed by atoms with Gasteiger partial charge < -0.3 is 9.47 Å². The lowest BCUT2D eigenvalue weighted by Crippen LogP contribution is -2.29. The van der Waals surface area contributed by atoms with E-state index in [0.717, 1.165) is 10.4 Å². The third-order valence-corrected chi connectivity index (χ3v) is 3.86. The maximum atomic E-state index is 11.7. The normalized spacial score (nSPS) is 11.2. The van der Waals surface area contributed by atoms with Gasteiger partial charge >= 0.3 is 10.2 Å². The largest absolute Gasteiger partial charge is 0.493 e. The molecule has 1 aromatic carbocycles. The number of methoxy groups -OCH3 is 2. The van der Waals surface area contributed by atoms with Crippen LogP contribution in [0.4, 0.5) is 11.4 Å². The van der Waals surface area contributed by atoms with Crippen molar-refractivity contribution in [2.24, 2.45) is 0 Å². The Kier molecular flexibility index (Phi) is 4.73. The summed E-state index contributed by atoms with van der Waals surface area (Å²) in [4.78, 5) is 10.3. The number of hydrogen-bond acceptors (Lipinski definition) is 6. The van der Waals surface area contributed by atoms with E-state index in [-0.39, 0.29) is 17.2 Å². The Morgan fingerprint density at radius 3 is 2.10 bits per heavy atom. The molecule has 10 heteroatoms. The third kappa shape index (κ3) is 3.27. The number of rotatable bonds is 6. The van der Waals surface area contributed by atoms with Gasteiger partial charge in [0, 0.05) is 20.2 Å². The second-order valence-corrected chi connectivity index (χ2v) is 5.76. The maximum Gasteiger partial charge on any atom is 0.301 e. The van der Waals surface area contributed by atoms with Gasteiger partial charge in [-0.05, 0) is 0 Å². The standard InChI is InChI=1S/C10H15N3O6S/c1-12(2)20(16,17)11-7-5-9(18-3)10(19-4)6-8(7)13(14)15/h5-6,11H,1-4H3. The molecule has 112 valence electrons. The molecule has 0 unspecified atom stereocenters. The molecule has 0 aliphatic rings. The fourth-order valence-electron chi connectivity index (χ4n) is 1.33. The number of ether oxygens (including phenoxy) is 2. The molecule has 0 radical (unpaired) electrons. The van der Waals surface area contributed by atoms with E-state index in [0.29, 0.717) is 0 Å². The van der Waals surface area contributed by atoms with E-state index < -0.39 is 20.8 Å². The number of nitro benzene ring substituents is 1. The van der Waals surface area contributed by atoms with Crippen LogP contribution in [0, 0.1) is 10.1 Å². The highest BCUT2D eigenvalue weighted by Crippen LogP contribution is 2.38. The Morgan fingerprint density at radius 2 is 1.70 bits per heavy atom. The van der Waals surface area contributed by atoms with E-state index in [1.807, 2.05) is 0 Å². The summed E-state index contributed by atoms with van der Waals surface area (Å²) in [7, 11) is 1.40. The lowest BCUT2D eigenvalue weighted by Gasteiger charge is -2.15. The molecule has 0 aromatic heterocycles. The topological polar surface area (TPSA) is 111 Å². The van der Waals surface area contributed by atoms with Crippen molar-refractivity contribution in [3.05, 3.63) is 22.2 Å². The molecule has 0 bridgehead atoms. The van der Waals surface area contributed by atoms with Gasteiger partial charge in [0.15, 0.2) is 11.5 Å². The Morgan fingerprint density at radius 1 is 1.20 bits per heavy atom. The first kappa shape index (κ1) is 16.0. The Hall–Kier alpha value is -2.07. The van der Waals surface area contributed by atoms with Crippen molar-refractivity contribution in [3.63, 3.8) is 0 Å². The fourth-order valence-corrected chi connectivity index (χ4v) is 1.96. The predicted molar refractivity (Wildman–Crippen MR) is 72.4 cm³/mol. The number of nitro groups is 1. The third-order valence-electron chi connectivity index (χ3n) is 2.42. The minimum atomic E-state index is -3.87. The van der Waals surface area contributed by atoms with Crippen LogP contribution >= 0.6 is 0 Å². The van der Waals surface area contributed by atoms with E-state index in [1.165, 1.54) is 34.4 Å². The van der Waals surface area contributed by atoms with Crippen LogP contribution < -0.4 is 14.2 Å². The van der Waals surface area contributed by atoms with Gasteiger partial charge in [-0.2, -0.15) is 12.7 Å². The molecule has 0 heterocycles. The molecule has 0 amide bonds. The molecule has 9 nitrogen and oxygen atoms in total. The van der Waals surface area contributed by atoms with Crippen molar-refractivity contribution in [2.45, 2.75) is 0 Å². The molecule has 0 aliphatic heterocycles. The Balaban J connectivity index is 3.41. The quantitative estimate of drug-likeness (QED) is 0.615. The molecule has 0 fully saturated rings. The van der Waals surface area contributed by atoms with Crippen molar-refractivity contribution in [3.8, 4) is 11.5 Å². The van der Waals surface area contributed by atoms with E-state index >= 15 is 0 Å².